The smallest absolute Gasteiger partial charge is 0.266 e. The van der Waals surface area contributed by atoms with Crippen LogP contribution >= 0.6 is 15.9 Å². The fourth-order valence-corrected chi connectivity index (χ4v) is 4.23. The number of halogens is 1. The minimum atomic E-state index is -3.75. The molecule has 2 aromatic heterocycles. The van der Waals surface area contributed by atoms with E-state index < -0.39 is 10.0 Å². The number of benzene rings is 1. The van der Waals surface area contributed by atoms with Crippen LogP contribution < -0.4 is 4.72 Å². The highest BCUT2D eigenvalue weighted by molar-refractivity contribution is 9.10. The molecule has 3 rings (SSSR count). The van der Waals surface area contributed by atoms with Crippen molar-refractivity contribution >= 4 is 31.8 Å². The highest BCUT2D eigenvalue weighted by Gasteiger charge is 2.22. The number of hydrogen-bond donors (Lipinski definition) is 1. The summed E-state index contributed by atoms with van der Waals surface area (Å²) in [6.45, 7) is 4.23. The Morgan fingerprint density at radius 1 is 1.12 bits per heavy atom. The van der Waals surface area contributed by atoms with Crippen LogP contribution in [0.15, 0.2) is 46.0 Å². The zero-order chi connectivity index (χ0) is 18.2. The summed E-state index contributed by atoms with van der Waals surface area (Å²) in [4.78, 5) is 0.134. The molecule has 0 atom stereocenters. The Balaban J connectivity index is 1.83. The standard InChI is InChI=1S/C16H18BrN5O2S/c1-11-4-6-13(7-5-11)8-22-9-14(17)16(19-22)20-25(23,24)15-10-21(3)18-12(15)2/h4-7,9-10H,8H2,1-3H3,(H,19,20). The van der Waals surface area contributed by atoms with E-state index in [4.69, 9.17) is 0 Å². The maximum Gasteiger partial charge on any atom is 0.266 e. The van der Waals surface area contributed by atoms with Crippen LogP contribution in [-0.2, 0) is 23.6 Å². The average molecular weight is 424 g/mol. The third-order valence-electron chi connectivity index (χ3n) is 3.67. The molecule has 132 valence electrons. The van der Waals surface area contributed by atoms with Crippen LogP contribution in [0, 0.1) is 13.8 Å². The molecule has 2 heterocycles. The van der Waals surface area contributed by atoms with E-state index in [-0.39, 0.29) is 10.7 Å². The monoisotopic (exact) mass is 423 g/mol. The Hall–Kier alpha value is -2.13. The van der Waals surface area contributed by atoms with Gasteiger partial charge in [0.2, 0.25) is 0 Å². The van der Waals surface area contributed by atoms with Gasteiger partial charge in [-0.05, 0) is 35.3 Å². The van der Waals surface area contributed by atoms with Gasteiger partial charge in [0.05, 0.1) is 16.7 Å². The Morgan fingerprint density at radius 3 is 2.40 bits per heavy atom. The summed E-state index contributed by atoms with van der Waals surface area (Å²) >= 11 is 3.36. The molecule has 0 aliphatic carbocycles. The van der Waals surface area contributed by atoms with Crippen LogP contribution in [0.25, 0.3) is 0 Å². The van der Waals surface area contributed by atoms with Crippen molar-refractivity contribution in [3.63, 3.8) is 0 Å². The second-order valence-corrected chi connectivity index (χ2v) is 8.37. The summed E-state index contributed by atoms with van der Waals surface area (Å²) < 4.78 is 31.4. The Labute approximate surface area is 154 Å². The Morgan fingerprint density at radius 2 is 1.80 bits per heavy atom. The molecule has 1 N–H and O–H groups in total. The molecule has 0 bridgehead atoms. The normalized spacial score (nSPS) is 11.7. The summed E-state index contributed by atoms with van der Waals surface area (Å²) in [5, 5.41) is 8.40. The molecule has 0 radical (unpaired) electrons. The van der Waals surface area contributed by atoms with Crippen molar-refractivity contribution < 1.29 is 8.42 Å². The van der Waals surface area contributed by atoms with E-state index in [2.05, 4.69) is 30.8 Å². The van der Waals surface area contributed by atoms with Crippen molar-refractivity contribution in [2.75, 3.05) is 4.72 Å². The molecule has 0 unspecified atom stereocenters. The quantitative estimate of drug-likeness (QED) is 0.683. The van der Waals surface area contributed by atoms with E-state index in [1.165, 1.54) is 16.4 Å². The molecular weight excluding hydrogens is 406 g/mol. The van der Waals surface area contributed by atoms with E-state index in [1.54, 1.807) is 24.9 Å². The van der Waals surface area contributed by atoms with Gasteiger partial charge >= 0.3 is 0 Å². The van der Waals surface area contributed by atoms with Crippen LogP contribution in [0.2, 0.25) is 0 Å². The molecule has 0 saturated carbocycles. The van der Waals surface area contributed by atoms with Crippen molar-refractivity contribution in [2.45, 2.75) is 25.3 Å². The predicted octanol–water partition coefficient (Wildman–Crippen LogP) is 2.85. The Bertz CT molecular complexity index is 1010. The van der Waals surface area contributed by atoms with Crippen molar-refractivity contribution in [3.8, 4) is 0 Å². The number of hydrogen-bond acceptors (Lipinski definition) is 4. The van der Waals surface area contributed by atoms with E-state index in [0.717, 1.165) is 5.56 Å². The average Bonchev–Trinajstić information content (AvgIpc) is 3.04. The summed E-state index contributed by atoms with van der Waals surface area (Å²) in [7, 11) is -2.07. The van der Waals surface area contributed by atoms with Gasteiger partial charge in [-0.3, -0.25) is 14.1 Å². The molecule has 0 aliphatic heterocycles. The van der Waals surface area contributed by atoms with Crippen molar-refractivity contribution in [1.29, 1.82) is 0 Å². The van der Waals surface area contributed by atoms with E-state index >= 15 is 0 Å². The van der Waals surface area contributed by atoms with Gasteiger partial charge in [0, 0.05) is 19.4 Å². The highest BCUT2D eigenvalue weighted by Crippen LogP contribution is 2.24. The van der Waals surface area contributed by atoms with E-state index in [9.17, 15) is 8.42 Å². The number of aromatic nitrogens is 4. The minimum absolute atomic E-state index is 0.134. The predicted molar refractivity (Wildman–Crippen MR) is 99.0 cm³/mol. The number of aryl methyl sites for hydroxylation is 3. The molecule has 0 spiro atoms. The number of nitrogens with one attached hydrogen (secondary N) is 1. The summed E-state index contributed by atoms with van der Waals surface area (Å²) in [6.07, 6.45) is 3.21. The lowest BCUT2D eigenvalue weighted by atomic mass is 10.1. The lowest BCUT2D eigenvalue weighted by molar-refractivity contribution is 0.600. The van der Waals surface area contributed by atoms with Crippen molar-refractivity contribution in [2.24, 2.45) is 7.05 Å². The van der Waals surface area contributed by atoms with Gasteiger partial charge in [0.1, 0.15) is 4.90 Å². The summed E-state index contributed by atoms with van der Waals surface area (Å²) in [6, 6.07) is 8.10. The number of rotatable bonds is 5. The molecule has 9 heteroatoms. The molecule has 25 heavy (non-hydrogen) atoms. The van der Waals surface area contributed by atoms with Gasteiger partial charge < -0.3 is 0 Å². The van der Waals surface area contributed by atoms with Gasteiger partial charge in [-0.1, -0.05) is 29.8 Å². The molecule has 1 aromatic carbocycles. The fraction of sp³-hybridized carbons (Fsp3) is 0.250. The highest BCUT2D eigenvalue weighted by atomic mass is 79.9. The molecule has 3 aromatic rings. The maximum atomic E-state index is 12.6. The molecular formula is C16H18BrN5O2S. The zero-order valence-corrected chi connectivity index (χ0v) is 16.5. The summed E-state index contributed by atoms with van der Waals surface area (Å²) in [5.41, 5.74) is 2.70. The molecule has 0 fully saturated rings. The number of anilines is 1. The molecule has 0 amide bonds. The summed E-state index contributed by atoms with van der Waals surface area (Å²) in [5.74, 6) is 0.246. The van der Waals surface area contributed by atoms with Gasteiger partial charge in [-0.25, -0.2) is 8.42 Å². The van der Waals surface area contributed by atoms with Crippen LogP contribution in [-0.4, -0.2) is 28.0 Å². The first-order valence-electron chi connectivity index (χ1n) is 7.56. The third-order valence-corrected chi connectivity index (χ3v) is 5.69. The number of nitrogens with zero attached hydrogens (tertiary/aromatic N) is 4. The maximum absolute atomic E-state index is 12.6. The van der Waals surface area contributed by atoms with Crippen LogP contribution in [0.3, 0.4) is 0 Å². The molecule has 0 aliphatic rings. The topological polar surface area (TPSA) is 81.8 Å². The molecule has 7 nitrogen and oxygen atoms in total. The third kappa shape index (κ3) is 3.93. The van der Waals surface area contributed by atoms with Crippen molar-refractivity contribution in [1.82, 2.24) is 19.6 Å². The van der Waals surface area contributed by atoms with Crippen LogP contribution in [0.4, 0.5) is 5.82 Å². The number of sulfonamides is 1. The minimum Gasteiger partial charge on any atom is -0.274 e. The largest absolute Gasteiger partial charge is 0.274 e. The van der Waals surface area contributed by atoms with Gasteiger partial charge in [-0.15, -0.1) is 0 Å². The fourth-order valence-electron chi connectivity index (χ4n) is 2.45. The Kier molecular flexibility index (Phi) is 4.70. The van der Waals surface area contributed by atoms with Crippen molar-refractivity contribution in [3.05, 3.63) is 58.0 Å². The van der Waals surface area contributed by atoms with E-state index in [0.29, 0.717) is 16.7 Å². The van der Waals surface area contributed by atoms with Gasteiger partial charge in [-0.2, -0.15) is 10.2 Å². The van der Waals surface area contributed by atoms with Crippen LogP contribution in [0.1, 0.15) is 16.8 Å². The van der Waals surface area contributed by atoms with Gasteiger partial charge in [0.15, 0.2) is 5.82 Å². The lowest BCUT2D eigenvalue weighted by Crippen LogP contribution is -2.14. The van der Waals surface area contributed by atoms with Gasteiger partial charge in [0.25, 0.3) is 10.0 Å². The molecule has 0 saturated heterocycles. The zero-order valence-electron chi connectivity index (χ0n) is 14.1. The second-order valence-electron chi connectivity index (χ2n) is 5.87. The second kappa shape index (κ2) is 6.64. The first-order chi connectivity index (χ1) is 11.7. The lowest BCUT2D eigenvalue weighted by Gasteiger charge is -2.05. The first kappa shape index (κ1) is 17.7. The SMILES string of the molecule is Cc1ccc(Cn2cc(Br)c(NS(=O)(=O)c3cn(C)nc3C)n2)cc1. The first-order valence-corrected chi connectivity index (χ1v) is 9.84. The van der Waals surface area contributed by atoms with E-state index in [1.807, 2.05) is 31.2 Å². The van der Waals surface area contributed by atoms with Crippen LogP contribution in [0.5, 0.6) is 0 Å².